The largest absolute Gasteiger partial charge is 0.497 e. The van der Waals surface area contributed by atoms with Gasteiger partial charge in [-0.25, -0.2) is 4.98 Å². The first-order valence-electron chi connectivity index (χ1n) is 9.70. The van der Waals surface area contributed by atoms with Crippen LogP contribution in [0.1, 0.15) is 35.9 Å². The van der Waals surface area contributed by atoms with Crippen LogP contribution in [0.3, 0.4) is 0 Å². The van der Waals surface area contributed by atoms with Gasteiger partial charge in [-0.1, -0.05) is 13.8 Å². The van der Waals surface area contributed by atoms with Gasteiger partial charge in [-0.3, -0.25) is 14.6 Å². The highest BCUT2D eigenvalue weighted by Crippen LogP contribution is 2.14. The van der Waals surface area contributed by atoms with Crippen LogP contribution >= 0.6 is 0 Å². The van der Waals surface area contributed by atoms with Gasteiger partial charge in [-0.2, -0.15) is 0 Å². The van der Waals surface area contributed by atoms with E-state index in [0.717, 1.165) is 56.4 Å². The number of ketones is 1. The maximum atomic E-state index is 12.5. The number of methoxy groups -OCH3 is 1. The number of carbonyl (C=O) groups excluding carboxylic acids is 1. The second kappa shape index (κ2) is 9.15. The van der Waals surface area contributed by atoms with Gasteiger partial charge >= 0.3 is 0 Å². The third-order valence-corrected chi connectivity index (χ3v) is 5.17. The van der Waals surface area contributed by atoms with E-state index in [1.165, 1.54) is 0 Å². The SMILES string of the molecule is COc1ccc(C(=O)CN2CCN(CCn3ccnc3C(C)C)CC2)cc1. The summed E-state index contributed by atoms with van der Waals surface area (Å²) >= 11 is 0. The van der Waals surface area contributed by atoms with E-state index in [1.54, 1.807) is 7.11 Å². The molecular weight excluding hydrogens is 340 g/mol. The van der Waals surface area contributed by atoms with E-state index in [2.05, 4.69) is 39.4 Å². The van der Waals surface area contributed by atoms with Gasteiger partial charge in [0.05, 0.1) is 13.7 Å². The molecular formula is C21H30N4O2. The number of hydrogen-bond acceptors (Lipinski definition) is 5. The molecule has 0 aliphatic carbocycles. The zero-order valence-electron chi connectivity index (χ0n) is 16.6. The molecule has 0 atom stereocenters. The molecule has 27 heavy (non-hydrogen) atoms. The lowest BCUT2D eigenvalue weighted by Crippen LogP contribution is -2.48. The molecule has 0 spiro atoms. The molecule has 146 valence electrons. The number of carbonyl (C=O) groups is 1. The molecule has 1 aliphatic rings. The number of hydrogen-bond donors (Lipinski definition) is 0. The van der Waals surface area contributed by atoms with Gasteiger partial charge < -0.3 is 9.30 Å². The second-order valence-corrected chi connectivity index (χ2v) is 7.40. The Kier molecular flexibility index (Phi) is 6.63. The lowest BCUT2D eigenvalue weighted by molar-refractivity contribution is 0.0848. The zero-order chi connectivity index (χ0) is 19.2. The van der Waals surface area contributed by atoms with E-state index in [-0.39, 0.29) is 5.78 Å². The molecule has 3 rings (SSSR count). The summed E-state index contributed by atoms with van der Waals surface area (Å²) in [7, 11) is 1.63. The molecule has 1 aromatic carbocycles. The van der Waals surface area contributed by atoms with Gasteiger partial charge in [-0.15, -0.1) is 0 Å². The van der Waals surface area contributed by atoms with E-state index in [0.29, 0.717) is 12.5 Å². The quantitative estimate of drug-likeness (QED) is 0.669. The van der Waals surface area contributed by atoms with Crippen LogP contribution < -0.4 is 4.74 Å². The Morgan fingerprint density at radius 2 is 1.74 bits per heavy atom. The minimum Gasteiger partial charge on any atom is -0.497 e. The summed E-state index contributed by atoms with van der Waals surface area (Å²) in [6.07, 6.45) is 3.96. The Morgan fingerprint density at radius 3 is 2.37 bits per heavy atom. The summed E-state index contributed by atoms with van der Waals surface area (Å²) in [4.78, 5) is 21.6. The number of piperazine rings is 1. The highest BCUT2D eigenvalue weighted by molar-refractivity contribution is 5.97. The summed E-state index contributed by atoms with van der Waals surface area (Å²) in [5, 5.41) is 0. The molecule has 0 unspecified atom stereocenters. The summed E-state index contributed by atoms with van der Waals surface area (Å²) in [6.45, 7) is 10.7. The summed E-state index contributed by atoms with van der Waals surface area (Å²) in [5.41, 5.74) is 0.750. The van der Waals surface area contributed by atoms with Crippen LogP contribution in [0.2, 0.25) is 0 Å². The standard InChI is InChI=1S/C21H30N4O2/c1-17(2)21-22-8-9-25(21)15-14-23-10-12-24(13-11-23)16-20(26)18-4-6-19(27-3)7-5-18/h4-9,17H,10-16H2,1-3H3. The first-order valence-corrected chi connectivity index (χ1v) is 9.70. The molecule has 0 radical (unpaired) electrons. The molecule has 6 nitrogen and oxygen atoms in total. The monoisotopic (exact) mass is 370 g/mol. The first kappa shape index (κ1) is 19.6. The summed E-state index contributed by atoms with van der Waals surface area (Å²) < 4.78 is 7.40. The second-order valence-electron chi connectivity index (χ2n) is 7.40. The van der Waals surface area contributed by atoms with Crippen LogP contribution in [0.25, 0.3) is 0 Å². The normalized spacial score (nSPS) is 16.0. The molecule has 1 aliphatic heterocycles. The lowest BCUT2D eigenvalue weighted by Gasteiger charge is -2.34. The van der Waals surface area contributed by atoms with E-state index in [1.807, 2.05) is 30.5 Å². The first-order chi connectivity index (χ1) is 13.1. The zero-order valence-corrected chi connectivity index (χ0v) is 16.6. The smallest absolute Gasteiger partial charge is 0.176 e. The molecule has 0 saturated carbocycles. The average molecular weight is 370 g/mol. The molecule has 1 saturated heterocycles. The number of aromatic nitrogens is 2. The van der Waals surface area contributed by atoms with Crippen molar-refractivity contribution >= 4 is 5.78 Å². The van der Waals surface area contributed by atoms with E-state index >= 15 is 0 Å². The van der Waals surface area contributed by atoms with Gasteiger partial charge in [0.15, 0.2) is 5.78 Å². The van der Waals surface area contributed by atoms with Crippen molar-refractivity contribution in [2.75, 3.05) is 46.4 Å². The molecule has 0 bridgehead atoms. The van der Waals surface area contributed by atoms with Crippen molar-refractivity contribution in [3.05, 3.63) is 48.0 Å². The van der Waals surface area contributed by atoms with Crippen molar-refractivity contribution in [2.24, 2.45) is 0 Å². The van der Waals surface area contributed by atoms with Crippen LogP contribution in [0, 0.1) is 0 Å². The summed E-state index contributed by atoms with van der Waals surface area (Å²) in [6, 6.07) is 7.36. The molecule has 6 heteroatoms. The van der Waals surface area contributed by atoms with E-state index in [4.69, 9.17) is 4.74 Å². The van der Waals surface area contributed by atoms with Crippen LogP contribution in [-0.2, 0) is 6.54 Å². The summed E-state index contributed by atoms with van der Waals surface area (Å²) in [5.74, 6) is 2.55. The fourth-order valence-corrected chi connectivity index (χ4v) is 3.50. The predicted molar refractivity (Wildman–Crippen MR) is 107 cm³/mol. The topological polar surface area (TPSA) is 50.6 Å². The highest BCUT2D eigenvalue weighted by atomic mass is 16.5. The number of nitrogens with zero attached hydrogens (tertiary/aromatic N) is 4. The third-order valence-electron chi connectivity index (χ3n) is 5.17. The lowest BCUT2D eigenvalue weighted by atomic mass is 10.1. The molecule has 0 N–H and O–H groups in total. The Bertz CT molecular complexity index is 731. The average Bonchev–Trinajstić information content (AvgIpc) is 3.16. The van der Waals surface area contributed by atoms with Crippen molar-refractivity contribution in [3.8, 4) is 5.75 Å². The fourth-order valence-electron chi connectivity index (χ4n) is 3.50. The van der Waals surface area contributed by atoms with Crippen molar-refractivity contribution in [1.82, 2.24) is 19.4 Å². The number of rotatable bonds is 8. The Labute approximate surface area is 161 Å². The van der Waals surface area contributed by atoms with E-state index < -0.39 is 0 Å². The van der Waals surface area contributed by atoms with Crippen molar-refractivity contribution < 1.29 is 9.53 Å². The van der Waals surface area contributed by atoms with Gasteiger partial charge in [0.2, 0.25) is 0 Å². The number of imidazole rings is 1. The fraction of sp³-hybridized carbons (Fsp3) is 0.524. The minimum absolute atomic E-state index is 0.172. The number of Topliss-reactive ketones (excluding diaryl/α,β-unsaturated/α-hetero) is 1. The third kappa shape index (κ3) is 5.17. The molecule has 1 fully saturated rings. The van der Waals surface area contributed by atoms with Gasteiger partial charge in [0.1, 0.15) is 11.6 Å². The Balaban J connectivity index is 1.43. The van der Waals surface area contributed by atoms with Crippen LogP contribution in [0.15, 0.2) is 36.7 Å². The van der Waals surface area contributed by atoms with Crippen LogP contribution in [0.5, 0.6) is 5.75 Å². The maximum absolute atomic E-state index is 12.5. The predicted octanol–water partition coefficient (Wildman–Crippen LogP) is 2.52. The minimum atomic E-state index is 0.172. The Hall–Kier alpha value is -2.18. The highest BCUT2D eigenvalue weighted by Gasteiger charge is 2.20. The van der Waals surface area contributed by atoms with Crippen molar-refractivity contribution in [2.45, 2.75) is 26.3 Å². The van der Waals surface area contributed by atoms with Crippen molar-refractivity contribution in [1.29, 1.82) is 0 Å². The van der Waals surface area contributed by atoms with Gasteiger partial charge in [-0.05, 0) is 24.3 Å². The number of ether oxygens (including phenoxy) is 1. The van der Waals surface area contributed by atoms with Crippen LogP contribution in [0.4, 0.5) is 0 Å². The van der Waals surface area contributed by atoms with Gasteiger partial charge in [0, 0.05) is 63.1 Å². The van der Waals surface area contributed by atoms with E-state index in [9.17, 15) is 4.79 Å². The van der Waals surface area contributed by atoms with Gasteiger partial charge in [0.25, 0.3) is 0 Å². The molecule has 2 aromatic rings. The molecule has 0 amide bonds. The number of benzene rings is 1. The van der Waals surface area contributed by atoms with Crippen molar-refractivity contribution in [3.63, 3.8) is 0 Å². The maximum Gasteiger partial charge on any atom is 0.176 e. The Morgan fingerprint density at radius 1 is 1.07 bits per heavy atom. The molecule has 2 heterocycles. The van der Waals surface area contributed by atoms with Crippen LogP contribution in [-0.4, -0.2) is 71.5 Å². The molecule has 1 aromatic heterocycles.